The molecule has 0 aromatic heterocycles. The molecule has 3 nitrogen and oxygen atoms in total. The number of aliphatic hydroxyl groups is 1. The van der Waals surface area contributed by atoms with Crippen molar-refractivity contribution in [2.24, 2.45) is 5.92 Å². The van der Waals surface area contributed by atoms with Crippen LogP contribution in [0.2, 0.25) is 0 Å². The second kappa shape index (κ2) is 8.11. The normalized spacial score (nSPS) is 11.2. The molecule has 0 heterocycles. The lowest BCUT2D eigenvalue weighted by Gasteiger charge is -2.19. The molecule has 18 heavy (non-hydrogen) atoms. The van der Waals surface area contributed by atoms with E-state index in [9.17, 15) is 0 Å². The number of nitrogens with zero attached hydrogens (tertiary/aromatic N) is 1. The van der Waals surface area contributed by atoms with Gasteiger partial charge in [-0.2, -0.15) is 0 Å². The first-order chi connectivity index (χ1) is 8.65. The first-order valence-electron chi connectivity index (χ1n) is 6.70. The van der Waals surface area contributed by atoms with Crippen LogP contribution in [0.25, 0.3) is 0 Å². The molecule has 102 valence electrons. The summed E-state index contributed by atoms with van der Waals surface area (Å²) in [5.41, 5.74) is 1.25. The van der Waals surface area contributed by atoms with Gasteiger partial charge < -0.3 is 9.84 Å². The van der Waals surface area contributed by atoms with Gasteiger partial charge in [-0.1, -0.05) is 32.9 Å². The molecule has 0 atom stereocenters. The number of hydrogen-bond donors (Lipinski definition) is 1. The van der Waals surface area contributed by atoms with Crippen molar-refractivity contribution >= 4 is 0 Å². The van der Waals surface area contributed by atoms with Crippen molar-refractivity contribution in [1.29, 1.82) is 0 Å². The van der Waals surface area contributed by atoms with Gasteiger partial charge in [0.2, 0.25) is 0 Å². The second-order valence-corrected chi connectivity index (χ2v) is 4.94. The summed E-state index contributed by atoms with van der Waals surface area (Å²) in [6.07, 6.45) is 0. The SMILES string of the molecule is CCN(CCO)Cc1ccc(OCC(C)C)cc1. The molecule has 0 saturated carbocycles. The van der Waals surface area contributed by atoms with E-state index in [1.807, 2.05) is 12.1 Å². The van der Waals surface area contributed by atoms with Crippen LogP contribution in [-0.4, -0.2) is 36.3 Å². The van der Waals surface area contributed by atoms with E-state index in [4.69, 9.17) is 9.84 Å². The van der Waals surface area contributed by atoms with Crippen molar-refractivity contribution in [2.45, 2.75) is 27.3 Å². The van der Waals surface area contributed by atoms with Crippen LogP contribution in [0.15, 0.2) is 24.3 Å². The highest BCUT2D eigenvalue weighted by Crippen LogP contribution is 2.14. The van der Waals surface area contributed by atoms with E-state index in [0.29, 0.717) is 5.92 Å². The van der Waals surface area contributed by atoms with Gasteiger partial charge in [-0.3, -0.25) is 4.90 Å². The summed E-state index contributed by atoms with van der Waals surface area (Å²) in [7, 11) is 0. The monoisotopic (exact) mass is 251 g/mol. The Hall–Kier alpha value is -1.06. The van der Waals surface area contributed by atoms with Crippen LogP contribution >= 0.6 is 0 Å². The average Bonchev–Trinajstić information content (AvgIpc) is 2.37. The second-order valence-electron chi connectivity index (χ2n) is 4.94. The zero-order valence-electron chi connectivity index (χ0n) is 11.7. The minimum atomic E-state index is 0.212. The Morgan fingerprint density at radius 3 is 2.39 bits per heavy atom. The third kappa shape index (κ3) is 5.52. The molecule has 0 aliphatic carbocycles. The van der Waals surface area contributed by atoms with Crippen LogP contribution in [0, 0.1) is 5.92 Å². The summed E-state index contributed by atoms with van der Waals surface area (Å²) in [6, 6.07) is 8.22. The number of rotatable bonds is 8. The lowest BCUT2D eigenvalue weighted by atomic mass is 10.2. The number of hydrogen-bond acceptors (Lipinski definition) is 3. The molecule has 1 rings (SSSR count). The Kier molecular flexibility index (Phi) is 6.76. The van der Waals surface area contributed by atoms with Crippen molar-refractivity contribution in [1.82, 2.24) is 4.90 Å². The van der Waals surface area contributed by atoms with Gasteiger partial charge in [-0.05, 0) is 30.2 Å². The van der Waals surface area contributed by atoms with Gasteiger partial charge in [0.05, 0.1) is 13.2 Å². The number of aliphatic hydroxyl groups excluding tert-OH is 1. The first kappa shape index (κ1) is 15.0. The fourth-order valence-electron chi connectivity index (χ4n) is 1.70. The van der Waals surface area contributed by atoms with Gasteiger partial charge in [-0.15, -0.1) is 0 Å². The molecule has 0 amide bonds. The maximum Gasteiger partial charge on any atom is 0.119 e. The fourth-order valence-corrected chi connectivity index (χ4v) is 1.70. The molecule has 0 bridgehead atoms. The third-order valence-electron chi connectivity index (χ3n) is 2.78. The average molecular weight is 251 g/mol. The van der Waals surface area contributed by atoms with Crippen LogP contribution in [0.1, 0.15) is 26.3 Å². The van der Waals surface area contributed by atoms with E-state index in [0.717, 1.165) is 32.0 Å². The van der Waals surface area contributed by atoms with Gasteiger partial charge in [-0.25, -0.2) is 0 Å². The van der Waals surface area contributed by atoms with E-state index in [1.165, 1.54) is 5.56 Å². The summed E-state index contributed by atoms with van der Waals surface area (Å²) < 4.78 is 5.65. The van der Waals surface area contributed by atoms with Crippen LogP contribution in [0.3, 0.4) is 0 Å². The molecule has 0 fully saturated rings. The highest BCUT2D eigenvalue weighted by molar-refractivity contribution is 5.27. The zero-order chi connectivity index (χ0) is 13.4. The van der Waals surface area contributed by atoms with Crippen LogP contribution in [0.5, 0.6) is 5.75 Å². The summed E-state index contributed by atoms with van der Waals surface area (Å²) in [4.78, 5) is 2.21. The van der Waals surface area contributed by atoms with Crippen molar-refractivity contribution in [3.05, 3.63) is 29.8 Å². The van der Waals surface area contributed by atoms with Gasteiger partial charge in [0.1, 0.15) is 5.75 Å². The summed E-state index contributed by atoms with van der Waals surface area (Å²) in [5, 5.41) is 8.95. The molecule has 0 aliphatic heterocycles. The topological polar surface area (TPSA) is 32.7 Å². The van der Waals surface area contributed by atoms with E-state index in [1.54, 1.807) is 0 Å². The zero-order valence-corrected chi connectivity index (χ0v) is 11.7. The molecule has 1 aromatic carbocycles. The number of benzene rings is 1. The minimum absolute atomic E-state index is 0.212. The van der Waals surface area contributed by atoms with Gasteiger partial charge in [0.25, 0.3) is 0 Å². The van der Waals surface area contributed by atoms with Gasteiger partial charge in [0.15, 0.2) is 0 Å². The maximum atomic E-state index is 8.95. The Morgan fingerprint density at radius 2 is 1.89 bits per heavy atom. The summed E-state index contributed by atoms with van der Waals surface area (Å²) >= 11 is 0. The third-order valence-corrected chi connectivity index (χ3v) is 2.78. The Morgan fingerprint density at radius 1 is 1.22 bits per heavy atom. The first-order valence-corrected chi connectivity index (χ1v) is 6.70. The van der Waals surface area contributed by atoms with Crippen LogP contribution in [-0.2, 0) is 6.54 Å². The largest absolute Gasteiger partial charge is 0.493 e. The Labute approximate surface area is 110 Å². The minimum Gasteiger partial charge on any atom is -0.493 e. The molecule has 0 unspecified atom stereocenters. The molecule has 1 aromatic rings. The highest BCUT2D eigenvalue weighted by atomic mass is 16.5. The Bertz CT molecular complexity index is 322. The van der Waals surface area contributed by atoms with Gasteiger partial charge in [0, 0.05) is 13.1 Å². The molecule has 0 spiro atoms. The van der Waals surface area contributed by atoms with E-state index >= 15 is 0 Å². The molecule has 0 saturated heterocycles. The van der Waals surface area contributed by atoms with Crippen molar-refractivity contribution in [2.75, 3.05) is 26.3 Å². The predicted octanol–water partition coefficient (Wildman–Crippen LogP) is 2.54. The fraction of sp³-hybridized carbons (Fsp3) is 0.600. The lowest BCUT2D eigenvalue weighted by molar-refractivity contribution is 0.196. The molecule has 0 radical (unpaired) electrons. The standard InChI is InChI=1S/C15H25NO2/c1-4-16(9-10-17)11-14-5-7-15(8-6-14)18-12-13(2)3/h5-8,13,17H,4,9-12H2,1-3H3. The van der Waals surface area contributed by atoms with Crippen molar-refractivity contribution in [3.8, 4) is 5.75 Å². The summed E-state index contributed by atoms with van der Waals surface area (Å²) in [6.45, 7) is 9.91. The van der Waals surface area contributed by atoms with Crippen molar-refractivity contribution < 1.29 is 9.84 Å². The molecule has 1 N–H and O–H groups in total. The highest BCUT2D eigenvalue weighted by Gasteiger charge is 2.03. The Balaban J connectivity index is 2.48. The smallest absolute Gasteiger partial charge is 0.119 e. The molecular weight excluding hydrogens is 226 g/mol. The molecule has 0 aliphatic rings. The predicted molar refractivity (Wildman–Crippen MR) is 74.8 cm³/mol. The maximum absolute atomic E-state index is 8.95. The van der Waals surface area contributed by atoms with E-state index in [2.05, 4.69) is 37.8 Å². The van der Waals surface area contributed by atoms with Crippen LogP contribution in [0.4, 0.5) is 0 Å². The van der Waals surface area contributed by atoms with Crippen molar-refractivity contribution in [3.63, 3.8) is 0 Å². The lowest BCUT2D eigenvalue weighted by Crippen LogP contribution is -2.25. The summed E-state index contributed by atoms with van der Waals surface area (Å²) in [5.74, 6) is 1.47. The number of ether oxygens (including phenoxy) is 1. The van der Waals surface area contributed by atoms with E-state index < -0.39 is 0 Å². The van der Waals surface area contributed by atoms with Gasteiger partial charge >= 0.3 is 0 Å². The molecule has 3 heteroatoms. The van der Waals surface area contributed by atoms with Crippen LogP contribution < -0.4 is 4.74 Å². The quantitative estimate of drug-likeness (QED) is 0.770. The van der Waals surface area contributed by atoms with E-state index in [-0.39, 0.29) is 6.61 Å². The molecular formula is C15H25NO2. The number of likely N-dealkylation sites (N-methyl/N-ethyl adjacent to an activating group) is 1.